The molecule has 3 rings (SSSR count). The van der Waals surface area contributed by atoms with E-state index in [0.29, 0.717) is 18.7 Å². The van der Waals surface area contributed by atoms with E-state index in [2.05, 4.69) is 0 Å². The number of rotatable bonds is 4. The molecule has 0 bridgehead atoms. The van der Waals surface area contributed by atoms with Gasteiger partial charge in [0.1, 0.15) is 6.54 Å². The second-order valence-electron chi connectivity index (χ2n) is 7.53. The molecule has 2 heterocycles. The zero-order chi connectivity index (χ0) is 20.5. The molecule has 0 N–H and O–H groups in total. The maximum absolute atomic E-state index is 13.0. The highest BCUT2D eigenvalue weighted by molar-refractivity contribution is 7.91. The molecule has 1 saturated heterocycles. The summed E-state index contributed by atoms with van der Waals surface area (Å²) in [5, 5.41) is 0. The number of aromatic nitrogens is 1. The van der Waals surface area contributed by atoms with Gasteiger partial charge in [0.25, 0.3) is 5.56 Å². The summed E-state index contributed by atoms with van der Waals surface area (Å²) in [7, 11) is -3.23. The van der Waals surface area contributed by atoms with Crippen LogP contribution in [0.3, 0.4) is 0 Å². The number of carbonyl (C=O) groups excluding carboxylic acids is 1. The van der Waals surface area contributed by atoms with E-state index >= 15 is 0 Å². The van der Waals surface area contributed by atoms with Crippen molar-refractivity contribution in [2.24, 2.45) is 0 Å². The molecule has 2 aliphatic rings. The molecule has 10 heteroatoms. The summed E-state index contributed by atoms with van der Waals surface area (Å²) in [6.45, 7) is -0.532. The van der Waals surface area contributed by atoms with E-state index in [4.69, 9.17) is 0 Å². The van der Waals surface area contributed by atoms with Gasteiger partial charge in [0.2, 0.25) is 5.91 Å². The van der Waals surface area contributed by atoms with Gasteiger partial charge in [-0.1, -0.05) is 19.3 Å². The van der Waals surface area contributed by atoms with Gasteiger partial charge in [-0.05, 0) is 25.3 Å². The molecule has 6 nitrogen and oxygen atoms in total. The number of hydrogen-bond acceptors (Lipinski definition) is 4. The van der Waals surface area contributed by atoms with Crippen LogP contribution in [0.2, 0.25) is 0 Å². The van der Waals surface area contributed by atoms with Crippen LogP contribution in [0.1, 0.15) is 44.1 Å². The average Bonchev–Trinajstić information content (AvgIpc) is 2.96. The predicted octanol–water partition coefficient (Wildman–Crippen LogP) is 2.22. The third kappa shape index (κ3) is 4.76. The van der Waals surface area contributed by atoms with Crippen LogP contribution in [0.5, 0.6) is 0 Å². The highest BCUT2D eigenvalue weighted by Crippen LogP contribution is 2.30. The fourth-order valence-corrected chi connectivity index (χ4v) is 5.82. The van der Waals surface area contributed by atoms with Gasteiger partial charge in [0, 0.05) is 24.3 Å². The minimum Gasteiger partial charge on any atom is -0.334 e. The van der Waals surface area contributed by atoms with Gasteiger partial charge in [-0.2, -0.15) is 13.2 Å². The lowest BCUT2D eigenvalue weighted by atomic mass is 9.93. The lowest BCUT2D eigenvalue weighted by Gasteiger charge is -2.38. The lowest BCUT2D eigenvalue weighted by Crippen LogP contribution is -2.50. The first-order chi connectivity index (χ1) is 13.1. The van der Waals surface area contributed by atoms with E-state index in [0.717, 1.165) is 42.7 Å². The van der Waals surface area contributed by atoms with E-state index in [1.165, 1.54) is 4.90 Å². The maximum atomic E-state index is 13.0. The average molecular weight is 420 g/mol. The highest BCUT2D eigenvalue weighted by atomic mass is 32.2. The van der Waals surface area contributed by atoms with E-state index in [-0.39, 0.29) is 17.5 Å². The summed E-state index contributed by atoms with van der Waals surface area (Å²) in [6.07, 6.45) is 0.677. The fourth-order valence-electron chi connectivity index (χ4n) is 4.11. The Morgan fingerprint density at radius 2 is 1.79 bits per heavy atom. The molecule has 1 unspecified atom stereocenters. The quantitative estimate of drug-likeness (QED) is 0.749. The van der Waals surface area contributed by atoms with E-state index in [1.54, 1.807) is 0 Å². The Labute approximate surface area is 161 Å². The van der Waals surface area contributed by atoms with Gasteiger partial charge < -0.3 is 9.47 Å². The van der Waals surface area contributed by atoms with Crippen LogP contribution in [0.4, 0.5) is 13.2 Å². The van der Waals surface area contributed by atoms with Crippen molar-refractivity contribution in [3.05, 3.63) is 34.2 Å². The molecule has 1 atom stereocenters. The third-order valence-corrected chi connectivity index (χ3v) is 7.22. The van der Waals surface area contributed by atoms with Crippen molar-refractivity contribution in [2.45, 2.75) is 63.3 Å². The van der Waals surface area contributed by atoms with Crippen molar-refractivity contribution in [1.29, 1.82) is 0 Å². The number of amides is 1. The van der Waals surface area contributed by atoms with Crippen LogP contribution in [0.25, 0.3) is 0 Å². The molecule has 2 fully saturated rings. The minimum atomic E-state index is -4.62. The van der Waals surface area contributed by atoms with Gasteiger partial charge >= 0.3 is 6.18 Å². The van der Waals surface area contributed by atoms with Crippen molar-refractivity contribution >= 4 is 15.7 Å². The molecule has 1 aromatic heterocycles. The molecule has 0 radical (unpaired) electrons. The number of halogens is 3. The molecule has 1 saturated carbocycles. The smallest absolute Gasteiger partial charge is 0.334 e. The molecule has 1 aliphatic carbocycles. The van der Waals surface area contributed by atoms with Gasteiger partial charge in [-0.25, -0.2) is 8.42 Å². The Balaban J connectivity index is 1.86. The Hall–Kier alpha value is -1.84. The molecule has 1 amide bonds. The number of hydrogen-bond donors (Lipinski definition) is 0. The molecule has 0 aromatic carbocycles. The first-order valence-corrected chi connectivity index (χ1v) is 11.2. The first-order valence-electron chi connectivity index (χ1n) is 9.36. The first kappa shape index (κ1) is 20.9. The van der Waals surface area contributed by atoms with E-state index in [1.807, 2.05) is 0 Å². The summed E-state index contributed by atoms with van der Waals surface area (Å²) < 4.78 is 63.4. The standard InChI is InChI=1S/C18H23F3N2O4S/c19-18(20,21)13-6-7-16(24)22(10-13)11-17(25)23(14-4-2-1-3-5-14)15-8-9-28(26,27)12-15/h6-7,10,14-15H,1-5,8-9,11-12H2. The normalized spacial score (nSPS) is 22.9. The Morgan fingerprint density at radius 1 is 1.11 bits per heavy atom. The zero-order valence-corrected chi connectivity index (χ0v) is 16.1. The van der Waals surface area contributed by atoms with Crippen molar-refractivity contribution in [3.63, 3.8) is 0 Å². The summed E-state index contributed by atoms with van der Waals surface area (Å²) in [6, 6.07) is 0.857. The van der Waals surface area contributed by atoms with Crippen molar-refractivity contribution in [3.8, 4) is 0 Å². The Kier molecular flexibility index (Phi) is 5.88. The topological polar surface area (TPSA) is 76.5 Å². The van der Waals surface area contributed by atoms with Crippen molar-refractivity contribution in [2.75, 3.05) is 11.5 Å². The molecule has 1 aliphatic heterocycles. The van der Waals surface area contributed by atoms with Crippen LogP contribution in [0, 0.1) is 0 Å². The number of alkyl halides is 3. The SMILES string of the molecule is O=C(Cn1cc(C(F)(F)F)ccc1=O)N(C1CCCCC1)C1CCS(=O)(=O)C1. The molecular formula is C18H23F3N2O4S. The van der Waals surface area contributed by atoms with Crippen LogP contribution in [-0.4, -0.2) is 47.4 Å². The van der Waals surface area contributed by atoms with Gasteiger partial charge in [-0.3, -0.25) is 9.59 Å². The van der Waals surface area contributed by atoms with Crippen LogP contribution >= 0.6 is 0 Å². The molecule has 0 spiro atoms. The number of nitrogens with zero attached hydrogens (tertiary/aromatic N) is 2. The van der Waals surface area contributed by atoms with E-state index < -0.39 is 45.6 Å². The van der Waals surface area contributed by atoms with E-state index in [9.17, 15) is 31.2 Å². The largest absolute Gasteiger partial charge is 0.417 e. The molecule has 28 heavy (non-hydrogen) atoms. The molecule has 1 aromatic rings. The lowest BCUT2D eigenvalue weighted by molar-refractivity contribution is -0.140. The molecule has 156 valence electrons. The minimum absolute atomic E-state index is 0.00231. The van der Waals surface area contributed by atoms with Gasteiger partial charge in [0.05, 0.1) is 17.1 Å². The summed E-state index contributed by atoms with van der Waals surface area (Å²) in [5.41, 5.74) is -1.71. The van der Waals surface area contributed by atoms with Crippen molar-refractivity contribution in [1.82, 2.24) is 9.47 Å². The van der Waals surface area contributed by atoms with Crippen LogP contribution < -0.4 is 5.56 Å². The zero-order valence-electron chi connectivity index (χ0n) is 15.3. The number of pyridine rings is 1. The summed E-state index contributed by atoms with van der Waals surface area (Å²) in [4.78, 5) is 26.5. The second kappa shape index (κ2) is 7.88. The van der Waals surface area contributed by atoms with Gasteiger partial charge in [0.15, 0.2) is 9.84 Å². The maximum Gasteiger partial charge on any atom is 0.417 e. The van der Waals surface area contributed by atoms with Crippen LogP contribution in [-0.2, 0) is 27.4 Å². The van der Waals surface area contributed by atoms with Gasteiger partial charge in [-0.15, -0.1) is 0 Å². The summed E-state index contributed by atoms with van der Waals surface area (Å²) >= 11 is 0. The highest BCUT2D eigenvalue weighted by Gasteiger charge is 2.38. The Morgan fingerprint density at radius 3 is 2.36 bits per heavy atom. The third-order valence-electron chi connectivity index (χ3n) is 5.47. The van der Waals surface area contributed by atoms with Crippen molar-refractivity contribution < 1.29 is 26.4 Å². The van der Waals surface area contributed by atoms with Crippen LogP contribution in [0.15, 0.2) is 23.1 Å². The Bertz CT molecular complexity index is 889. The monoisotopic (exact) mass is 420 g/mol. The molecular weight excluding hydrogens is 397 g/mol. The number of carbonyl (C=O) groups is 1. The summed E-state index contributed by atoms with van der Waals surface area (Å²) in [5.74, 6) is -0.639. The number of sulfone groups is 1. The predicted molar refractivity (Wildman–Crippen MR) is 96.5 cm³/mol. The fraction of sp³-hybridized carbons (Fsp3) is 0.667. The second-order valence-corrected chi connectivity index (χ2v) is 9.76.